The Morgan fingerprint density at radius 1 is 1.42 bits per heavy atom. The third-order valence-corrected chi connectivity index (χ3v) is 3.86. The van der Waals surface area contributed by atoms with E-state index in [0.717, 1.165) is 29.4 Å². The van der Waals surface area contributed by atoms with Crippen LogP contribution in [0.3, 0.4) is 0 Å². The van der Waals surface area contributed by atoms with E-state index >= 15 is 0 Å². The van der Waals surface area contributed by atoms with Crippen LogP contribution in [0, 0.1) is 13.8 Å². The van der Waals surface area contributed by atoms with Gasteiger partial charge in [0.25, 0.3) is 5.56 Å². The van der Waals surface area contributed by atoms with Gasteiger partial charge >= 0.3 is 0 Å². The molecule has 102 valence electrons. The Hall–Kier alpha value is -1.69. The fraction of sp³-hybridized carbons (Fsp3) is 0.462. The van der Waals surface area contributed by atoms with Gasteiger partial charge in [0.15, 0.2) is 0 Å². The van der Waals surface area contributed by atoms with E-state index in [-0.39, 0.29) is 5.56 Å². The summed E-state index contributed by atoms with van der Waals surface area (Å²) in [6, 6.07) is 1.58. The molecule has 0 amide bonds. The van der Waals surface area contributed by atoms with E-state index in [2.05, 4.69) is 22.3 Å². The van der Waals surface area contributed by atoms with Crippen LogP contribution in [-0.4, -0.2) is 21.3 Å². The molecular weight excluding hydrogens is 260 g/mol. The first-order valence-corrected chi connectivity index (χ1v) is 7.15. The van der Waals surface area contributed by atoms with Gasteiger partial charge in [0, 0.05) is 17.5 Å². The Bertz CT molecular complexity index is 598. The summed E-state index contributed by atoms with van der Waals surface area (Å²) in [5.74, 6) is 0. The largest absolute Gasteiger partial charge is 0.384 e. The number of thiazole rings is 1. The molecule has 0 fully saturated rings. The molecule has 0 atom stereocenters. The molecule has 0 aliphatic heterocycles. The Kier molecular flexibility index (Phi) is 4.31. The molecule has 19 heavy (non-hydrogen) atoms. The second kappa shape index (κ2) is 5.97. The highest BCUT2D eigenvalue weighted by molar-refractivity contribution is 7.11. The molecule has 0 bridgehead atoms. The van der Waals surface area contributed by atoms with E-state index < -0.39 is 0 Å². The molecule has 0 aliphatic carbocycles. The maximum atomic E-state index is 11.9. The minimum absolute atomic E-state index is 0.105. The maximum absolute atomic E-state index is 11.9. The third kappa shape index (κ3) is 3.41. The number of hydrogen-bond donors (Lipinski definition) is 1. The SMILES string of the molecule is CCCNc1cnn(Cc2nc(C)c(C)s2)c(=O)c1. The lowest BCUT2D eigenvalue weighted by Crippen LogP contribution is -2.23. The van der Waals surface area contributed by atoms with Crippen molar-refractivity contribution in [3.63, 3.8) is 0 Å². The van der Waals surface area contributed by atoms with Gasteiger partial charge in [0.1, 0.15) is 5.01 Å². The lowest BCUT2D eigenvalue weighted by molar-refractivity contribution is 0.636. The second-order valence-electron chi connectivity index (χ2n) is 4.42. The molecule has 2 rings (SSSR count). The molecule has 0 radical (unpaired) electrons. The molecule has 2 heterocycles. The van der Waals surface area contributed by atoms with Gasteiger partial charge < -0.3 is 5.32 Å². The van der Waals surface area contributed by atoms with Gasteiger partial charge in [-0.05, 0) is 20.3 Å². The van der Waals surface area contributed by atoms with Crippen LogP contribution in [0.25, 0.3) is 0 Å². The summed E-state index contributed by atoms with van der Waals surface area (Å²) < 4.78 is 1.44. The molecule has 0 saturated carbocycles. The van der Waals surface area contributed by atoms with Crippen LogP contribution in [0.1, 0.15) is 28.9 Å². The monoisotopic (exact) mass is 278 g/mol. The van der Waals surface area contributed by atoms with Crippen molar-refractivity contribution >= 4 is 17.0 Å². The molecular formula is C13H18N4OS. The standard InChI is InChI=1S/C13H18N4OS/c1-4-5-14-11-6-13(18)17(15-7-11)8-12-16-9(2)10(3)19-12/h6-7,14H,4-5,8H2,1-3H3. The summed E-state index contributed by atoms with van der Waals surface area (Å²) in [5, 5.41) is 8.24. The van der Waals surface area contributed by atoms with Crippen molar-refractivity contribution in [2.75, 3.05) is 11.9 Å². The number of anilines is 1. The second-order valence-corrected chi connectivity index (χ2v) is 5.70. The van der Waals surface area contributed by atoms with E-state index in [9.17, 15) is 4.79 Å². The van der Waals surface area contributed by atoms with E-state index in [0.29, 0.717) is 6.54 Å². The average molecular weight is 278 g/mol. The van der Waals surface area contributed by atoms with Crippen LogP contribution in [0.5, 0.6) is 0 Å². The smallest absolute Gasteiger partial charge is 0.269 e. The first-order chi connectivity index (χ1) is 9.10. The first kappa shape index (κ1) is 13.7. The van der Waals surface area contributed by atoms with Crippen LogP contribution in [0.15, 0.2) is 17.1 Å². The quantitative estimate of drug-likeness (QED) is 0.910. The van der Waals surface area contributed by atoms with Gasteiger partial charge in [-0.25, -0.2) is 9.67 Å². The molecule has 5 nitrogen and oxygen atoms in total. The molecule has 0 aromatic carbocycles. The van der Waals surface area contributed by atoms with Crippen molar-refractivity contribution in [1.82, 2.24) is 14.8 Å². The molecule has 0 saturated heterocycles. The Morgan fingerprint density at radius 2 is 2.21 bits per heavy atom. The average Bonchev–Trinajstić information content (AvgIpc) is 2.69. The topological polar surface area (TPSA) is 59.8 Å². The van der Waals surface area contributed by atoms with Crippen LogP contribution in [0.4, 0.5) is 5.69 Å². The lowest BCUT2D eigenvalue weighted by atomic mass is 10.4. The zero-order valence-corrected chi connectivity index (χ0v) is 12.3. The molecule has 2 aromatic heterocycles. The van der Waals surface area contributed by atoms with E-state index in [4.69, 9.17) is 0 Å². The van der Waals surface area contributed by atoms with Crippen LogP contribution in [-0.2, 0) is 6.54 Å². The van der Waals surface area contributed by atoms with Gasteiger partial charge in [0.2, 0.25) is 0 Å². The number of nitrogens with one attached hydrogen (secondary N) is 1. The first-order valence-electron chi connectivity index (χ1n) is 6.34. The van der Waals surface area contributed by atoms with Crippen molar-refractivity contribution in [3.8, 4) is 0 Å². The van der Waals surface area contributed by atoms with E-state index in [1.165, 1.54) is 9.56 Å². The molecule has 0 aliphatic rings. The number of aryl methyl sites for hydroxylation is 2. The fourth-order valence-corrected chi connectivity index (χ4v) is 2.57. The molecule has 0 spiro atoms. The van der Waals surface area contributed by atoms with Crippen molar-refractivity contribution in [3.05, 3.63) is 38.2 Å². The highest BCUT2D eigenvalue weighted by atomic mass is 32.1. The number of rotatable bonds is 5. The van der Waals surface area contributed by atoms with E-state index in [1.54, 1.807) is 23.6 Å². The van der Waals surface area contributed by atoms with Crippen LogP contribution >= 0.6 is 11.3 Å². The highest BCUT2D eigenvalue weighted by Gasteiger charge is 2.06. The van der Waals surface area contributed by atoms with Gasteiger partial charge in [-0.15, -0.1) is 11.3 Å². The zero-order chi connectivity index (χ0) is 13.8. The summed E-state index contributed by atoms with van der Waals surface area (Å²) in [4.78, 5) is 17.5. The third-order valence-electron chi connectivity index (χ3n) is 2.81. The summed E-state index contributed by atoms with van der Waals surface area (Å²) in [6.07, 6.45) is 2.70. The molecule has 6 heteroatoms. The molecule has 2 aromatic rings. The van der Waals surface area contributed by atoms with Crippen molar-refractivity contribution in [1.29, 1.82) is 0 Å². The van der Waals surface area contributed by atoms with Gasteiger partial charge in [-0.2, -0.15) is 5.10 Å². The van der Waals surface area contributed by atoms with Gasteiger partial charge in [-0.1, -0.05) is 6.92 Å². The molecule has 1 N–H and O–H groups in total. The number of hydrogen-bond acceptors (Lipinski definition) is 5. The number of nitrogens with zero attached hydrogens (tertiary/aromatic N) is 3. The van der Waals surface area contributed by atoms with Gasteiger partial charge in [-0.3, -0.25) is 4.79 Å². The van der Waals surface area contributed by atoms with Crippen LogP contribution < -0.4 is 10.9 Å². The van der Waals surface area contributed by atoms with Crippen molar-refractivity contribution in [2.45, 2.75) is 33.7 Å². The summed E-state index contributed by atoms with van der Waals surface area (Å²) in [6.45, 7) is 7.37. The lowest BCUT2D eigenvalue weighted by Gasteiger charge is -2.05. The molecule has 0 unspecified atom stereocenters. The minimum atomic E-state index is -0.105. The summed E-state index contributed by atoms with van der Waals surface area (Å²) >= 11 is 1.61. The Morgan fingerprint density at radius 3 is 2.79 bits per heavy atom. The fourth-order valence-electron chi connectivity index (χ4n) is 1.65. The highest BCUT2D eigenvalue weighted by Crippen LogP contribution is 2.16. The Balaban J connectivity index is 2.15. The van der Waals surface area contributed by atoms with Gasteiger partial charge in [0.05, 0.1) is 24.1 Å². The summed E-state index contributed by atoms with van der Waals surface area (Å²) in [7, 11) is 0. The minimum Gasteiger partial charge on any atom is -0.384 e. The van der Waals surface area contributed by atoms with Crippen molar-refractivity contribution in [2.24, 2.45) is 0 Å². The predicted octanol–water partition coefficient (Wildman–Crippen LogP) is 2.19. The maximum Gasteiger partial charge on any atom is 0.269 e. The number of aromatic nitrogens is 3. The summed E-state index contributed by atoms with van der Waals surface area (Å²) in [5.41, 5.74) is 1.69. The van der Waals surface area contributed by atoms with Crippen LogP contribution in [0.2, 0.25) is 0 Å². The zero-order valence-electron chi connectivity index (χ0n) is 11.4. The van der Waals surface area contributed by atoms with Crippen molar-refractivity contribution < 1.29 is 0 Å². The van der Waals surface area contributed by atoms with E-state index in [1.807, 2.05) is 13.8 Å². The normalized spacial score (nSPS) is 10.7. The predicted molar refractivity (Wildman–Crippen MR) is 78.0 cm³/mol. The Labute approximate surface area is 116 Å².